The topological polar surface area (TPSA) is 73.8 Å². The maximum atomic E-state index is 12.6. The van der Waals surface area contributed by atoms with Crippen molar-refractivity contribution >= 4 is 11.6 Å². The molecule has 3 aromatic rings. The summed E-state index contributed by atoms with van der Waals surface area (Å²) in [6.45, 7) is 0. The highest BCUT2D eigenvalue weighted by Crippen LogP contribution is 2.18. The lowest BCUT2D eigenvalue weighted by Gasteiger charge is -2.07. The molecule has 1 aromatic carbocycles. The van der Waals surface area contributed by atoms with E-state index in [1.165, 1.54) is 6.33 Å². The molecule has 98 valence electrons. The number of hydrogen-bond acceptors (Lipinski definition) is 4. The molecule has 0 unspecified atom stereocenters. The molecule has 0 aliphatic heterocycles. The van der Waals surface area contributed by atoms with Crippen molar-refractivity contribution in [1.29, 1.82) is 0 Å². The van der Waals surface area contributed by atoms with E-state index >= 15 is 0 Å². The van der Waals surface area contributed by atoms with Gasteiger partial charge in [0.1, 0.15) is 17.8 Å². The Hall–Kier alpha value is -2.95. The third kappa shape index (κ3) is 2.05. The van der Waals surface area contributed by atoms with Gasteiger partial charge in [0.05, 0.1) is 0 Å². The molecule has 2 N–H and O–H groups in total. The van der Waals surface area contributed by atoms with E-state index in [1.807, 2.05) is 30.3 Å². The van der Waals surface area contributed by atoms with Crippen LogP contribution in [-0.4, -0.2) is 20.3 Å². The van der Waals surface area contributed by atoms with Crippen LogP contribution in [0.1, 0.15) is 16.1 Å². The van der Waals surface area contributed by atoms with Crippen molar-refractivity contribution in [2.24, 2.45) is 0 Å². The van der Waals surface area contributed by atoms with Crippen molar-refractivity contribution in [1.82, 2.24) is 14.5 Å². The molecule has 0 bridgehead atoms. The molecule has 2 heterocycles. The minimum Gasteiger partial charge on any atom is -0.382 e. The second kappa shape index (κ2) is 4.97. The van der Waals surface area contributed by atoms with Crippen LogP contribution in [0.15, 0.2) is 61.1 Å². The number of nitrogen functional groups attached to an aromatic ring is 1. The Bertz CT molecular complexity index is 735. The van der Waals surface area contributed by atoms with E-state index in [2.05, 4.69) is 9.97 Å². The van der Waals surface area contributed by atoms with E-state index < -0.39 is 0 Å². The van der Waals surface area contributed by atoms with E-state index in [-0.39, 0.29) is 11.6 Å². The van der Waals surface area contributed by atoms with E-state index in [0.717, 1.165) is 0 Å². The highest BCUT2D eigenvalue weighted by atomic mass is 16.1. The van der Waals surface area contributed by atoms with Crippen molar-refractivity contribution in [3.8, 4) is 5.82 Å². The van der Waals surface area contributed by atoms with E-state index in [9.17, 15) is 4.79 Å². The fraction of sp³-hybridized carbons (Fsp3) is 0. The van der Waals surface area contributed by atoms with Gasteiger partial charge in [-0.05, 0) is 12.1 Å². The van der Waals surface area contributed by atoms with Crippen molar-refractivity contribution in [3.05, 3.63) is 72.3 Å². The van der Waals surface area contributed by atoms with Crippen molar-refractivity contribution in [2.75, 3.05) is 5.73 Å². The Labute approximate surface area is 115 Å². The predicted molar refractivity (Wildman–Crippen MR) is 75.6 cm³/mol. The van der Waals surface area contributed by atoms with Crippen LogP contribution in [0, 0.1) is 0 Å². The van der Waals surface area contributed by atoms with Gasteiger partial charge in [-0.15, -0.1) is 0 Å². The summed E-state index contributed by atoms with van der Waals surface area (Å²) in [7, 11) is 0. The second-order valence-electron chi connectivity index (χ2n) is 4.23. The Balaban J connectivity index is 2.11. The number of pyridine rings is 1. The number of imidazole rings is 1. The maximum absolute atomic E-state index is 12.6. The standard InChI is InChI=1S/C15H12N4O/c16-15-13(14(20)11-6-2-1-3-7-11)19(10-18-15)12-8-4-5-9-17-12/h1-10H,16H2. The molecule has 0 radical (unpaired) electrons. The van der Waals surface area contributed by atoms with Gasteiger partial charge in [0.25, 0.3) is 0 Å². The van der Waals surface area contributed by atoms with Gasteiger partial charge in [0.15, 0.2) is 5.82 Å². The molecule has 5 heteroatoms. The van der Waals surface area contributed by atoms with E-state index in [4.69, 9.17) is 5.73 Å². The summed E-state index contributed by atoms with van der Waals surface area (Å²) in [6, 6.07) is 14.4. The molecule has 0 spiro atoms. The van der Waals surface area contributed by atoms with Gasteiger partial charge >= 0.3 is 0 Å². The number of carbonyl (C=O) groups is 1. The second-order valence-corrected chi connectivity index (χ2v) is 4.23. The SMILES string of the molecule is Nc1ncn(-c2ccccn2)c1C(=O)c1ccccc1. The number of benzene rings is 1. The molecule has 2 aromatic heterocycles. The third-order valence-electron chi connectivity index (χ3n) is 2.94. The van der Waals surface area contributed by atoms with Gasteiger partial charge in [0.2, 0.25) is 5.78 Å². The zero-order chi connectivity index (χ0) is 13.9. The molecular formula is C15H12N4O. The lowest BCUT2D eigenvalue weighted by molar-refractivity contribution is 0.103. The number of nitrogens with two attached hydrogens (primary N) is 1. The first-order chi connectivity index (χ1) is 9.77. The molecule has 0 atom stereocenters. The first-order valence-electron chi connectivity index (χ1n) is 6.11. The first-order valence-corrected chi connectivity index (χ1v) is 6.11. The molecule has 0 saturated carbocycles. The molecule has 3 rings (SSSR count). The average molecular weight is 264 g/mol. The van der Waals surface area contributed by atoms with Crippen LogP contribution in [0.2, 0.25) is 0 Å². The number of carbonyl (C=O) groups excluding carboxylic acids is 1. The van der Waals surface area contributed by atoms with Gasteiger partial charge in [0, 0.05) is 11.8 Å². The smallest absolute Gasteiger partial charge is 0.213 e. The summed E-state index contributed by atoms with van der Waals surface area (Å²) in [5.41, 5.74) is 6.73. The van der Waals surface area contributed by atoms with Gasteiger partial charge in [-0.25, -0.2) is 9.97 Å². The van der Waals surface area contributed by atoms with Gasteiger partial charge in [-0.3, -0.25) is 9.36 Å². The number of nitrogens with zero attached hydrogens (tertiary/aromatic N) is 3. The molecule has 0 fully saturated rings. The number of anilines is 1. The first kappa shape index (κ1) is 12.1. The zero-order valence-corrected chi connectivity index (χ0v) is 10.6. The van der Waals surface area contributed by atoms with Crippen LogP contribution in [-0.2, 0) is 0 Å². The molecule has 20 heavy (non-hydrogen) atoms. The lowest BCUT2D eigenvalue weighted by Crippen LogP contribution is -2.11. The minimum absolute atomic E-state index is 0.175. The normalized spacial score (nSPS) is 10.4. The molecular weight excluding hydrogens is 252 g/mol. The highest BCUT2D eigenvalue weighted by Gasteiger charge is 2.19. The summed E-state index contributed by atoms with van der Waals surface area (Å²) in [5.74, 6) is 0.631. The Morgan fingerprint density at radius 3 is 2.45 bits per heavy atom. The predicted octanol–water partition coefficient (Wildman–Crippen LogP) is 2.08. The summed E-state index contributed by atoms with van der Waals surface area (Å²) in [4.78, 5) is 20.8. The molecule has 0 aliphatic rings. The van der Waals surface area contributed by atoms with Crippen LogP contribution in [0.3, 0.4) is 0 Å². The summed E-state index contributed by atoms with van der Waals surface area (Å²) in [6.07, 6.45) is 3.16. The number of rotatable bonds is 3. The van der Waals surface area contributed by atoms with Crippen LogP contribution < -0.4 is 5.73 Å². The average Bonchev–Trinajstić information content (AvgIpc) is 2.90. The molecule has 5 nitrogen and oxygen atoms in total. The summed E-state index contributed by atoms with van der Waals surface area (Å²) in [5, 5.41) is 0. The number of hydrogen-bond donors (Lipinski definition) is 1. The zero-order valence-electron chi connectivity index (χ0n) is 10.6. The molecule has 0 amide bonds. The number of ketones is 1. The minimum atomic E-state index is -0.175. The largest absolute Gasteiger partial charge is 0.382 e. The van der Waals surface area contributed by atoms with Gasteiger partial charge in [-0.1, -0.05) is 36.4 Å². The van der Waals surface area contributed by atoms with E-state index in [0.29, 0.717) is 17.1 Å². The Kier molecular flexibility index (Phi) is 3.01. The number of aromatic nitrogens is 3. The van der Waals surface area contributed by atoms with Gasteiger partial charge < -0.3 is 5.73 Å². The Morgan fingerprint density at radius 2 is 1.75 bits per heavy atom. The van der Waals surface area contributed by atoms with Crippen LogP contribution in [0.25, 0.3) is 5.82 Å². The van der Waals surface area contributed by atoms with Crippen LogP contribution >= 0.6 is 0 Å². The molecule has 0 aliphatic carbocycles. The monoisotopic (exact) mass is 264 g/mol. The van der Waals surface area contributed by atoms with Crippen molar-refractivity contribution in [3.63, 3.8) is 0 Å². The van der Waals surface area contributed by atoms with Crippen molar-refractivity contribution < 1.29 is 4.79 Å². The molecule has 0 saturated heterocycles. The summed E-state index contributed by atoms with van der Waals surface area (Å²) < 4.78 is 1.60. The van der Waals surface area contributed by atoms with Crippen molar-refractivity contribution in [2.45, 2.75) is 0 Å². The third-order valence-corrected chi connectivity index (χ3v) is 2.94. The lowest BCUT2D eigenvalue weighted by atomic mass is 10.1. The van der Waals surface area contributed by atoms with Crippen LogP contribution in [0.5, 0.6) is 0 Å². The Morgan fingerprint density at radius 1 is 1.00 bits per heavy atom. The maximum Gasteiger partial charge on any atom is 0.213 e. The fourth-order valence-corrected chi connectivity index (χ4v) is 1.98. The fourth-order valence-electron chi connectivity index (χ4n) is 1.98. The quantitative estimate of drug-likeness (QED) is 0.735. The van der Waals surface area contributed by atoms with Gasteiger partial charge in [-0.2, -0.15) is 0 Å². The van der Waals surface area contributed by atoms with E-state index in [1.54, 1.807) is 29.0 Å². The van der Waals surface area contributed by atoms with Crippen LogP contribution in [0.4, 0.5) is 5.82 Å². The summed E-state index contributed by atoms with van der Waals surface area (Å²) >= 11 is 0. The highest BCUT2D eigenvalue weighted by molar-refractivity contribution is 6.10.